The second-order valence-electron chi connectivity index (χ2n) is 3.98. The largest absolute Gasteiger partial charge is 0.315 e. The average molecular weight is 335 g/mol. The molecule has 2 rings (SSSR count). The van der Waals surface area contributed by atoms with Crippen molar-refractivity contribution in [1.82, 2.24) is 5.32 Å². The molecule has 0 saturated heterocycles. The predicted octanol–water partition coefficient (Wildman–Crippen LogP) is 3.06. The van der Waals surface area contributed by atoms with Crippen molar-refractivity contribution >= 4 is 38.6 Å². The molecule has 0 bridgehead atoms. The molecule has 2 aromatic rings. The van der Waals surface area contributed by atoms with Crippen LogP contribution in [0.3, 0.4) is 0 Å². The lowest BCUT2D eigenvalue weighted by Gasteiger charge is -2.07. The van der Waals surface area contributed by atoms with E-state index in [1.165, 1.54) is 12.1 Å². The number of rotatable bonds is 5. The number of sulfonamides is 1. The number of nitrogens with one attached hydrogen (secondary N) is 2. The standard InChI is InChI=1S/C12H12ClFN2O2S2/c1-15-7-9-3-5-12(19-9)20(17,18)16-11-4-2-8(14)6-10(11)13/h2-6,15-16H,7H2,1H3. The van der Waals surface area contributed by atoms with E-state index in [1.54, 1.807) is 13.1 Å². The zero-order valence-electron chi connectivity index (χ0n) is 10.5. The maximum absolute atomic E-state index is 12.9. The van der Waals surface area contributed by atoms with E-state index in [-0.39, 0.29) is 14.9 Å². The van der Waals surface area contributed by atoms with Gasteiger partial charge in [0, 0.05) is 11.4 Å². The highest BCUT2D eigenvalue weighted by Gasteiger charge is 2.18. The topological polar surface area (TPSA) is 58.2 Å². The Morgan fingerprint density at radius 2 is 2.05 bits per heavy atom. The first-order valence-electron chi connectivity index (χ1n) is 5.63. The van der Waals surface area contributed by atoms with Crippen molar-refractivity contribution in [3.8, 4) is 0 Å². The van der Waals surface area contributed by atoms with Crippen molar-refractivity contribution in [3.63, 3.8) is 0 Å². The van der Waals surface area contributed by atoms with E-state index in [2.05, 4.69) is 10.0 Å². The van der Waals surface area contributed by atoms with Gasteiger partial charge in [0.05, 0.1) is 10.7 Å². The molecular formula is C12H12ClFN2O2S2. The smallest absolute Gasteiger partial charge is 0.271 e. The molecule has 0 fully saturated rings. The summed E-state index contributed by atoms with van der Waals surface area (Å²) in [6.45, 7) is 0.595. The fourth-order valence-corrected chi connectivity index (χ4v) is 4.26. The molecule has 8 heteroatoms. The first-order valence-corrected chi connectivity index (χ1v) is 8.31. The van der Waals surface area contributed by atoms with Gasteiger partial charge in [-0.3, -0.25) is 4.72 Å². The van der Waals surface area contributed by atoms with Crippen LogP contribution in [0.15, 0.2) is 34.5 Å². The molecule has 0 radical (unpaired) electrons. The number of anilines is 1. The maximum atomic E-state index is 12.9. The lowest BCUT2D eigenvalue weighted by molar-refractivity contribution is 0.603. The highest BCUT2D eigenvalue weighted by molar-refractivity contribution is 7.94. The molecule has 0 atom stereocenters. The van der Waals surface area contributed by atoms with Crippen LogP contribution < -0.4 is 10.0 Å². The highest BCUT2D eigenvalue weighted by Crippen LogP contribution is 2.28. The Balaban J connectivity index is 2.26. The summed E-state index contributed by atoms with van der Waals surface area (Å²) in [6.07, 6.45) is 0. The zero-order chi connectivity index (χ0) is 14.8. The van der Waals surface area contributed by atoms with Crippen molar-refractivity contribution in [2.24, 2.45) is 0 Å². The van der Waals surface area contributed by atoms with Gasteiger partial charge in [0.15, 0.2) is 0 Å². The van der Waals surface area contributed by atoms with Crippen LogP contribution in [-0.2, 0) is 16.6 Å². The third-order valence-corrected chi connectivity index (χ3v) is 5.68. The van der Waals surface area contributed by atoms with Gasteiger partial charge in [-0.25, -0.2) is 12.8 Å². The Bertz CT molecular complexity index is 716. The molecule has 0 aliphatic carbocycles. The van der Waals surface area contributed by atoms with Gasteiger partial charge in [-0.1, -0.05) is 11.6 Å². The number of benzene rings is 1. The number of halogens is 2. The van der Waals surface area contributed by atoms with Crippen molar-refractivity contribution < 1.29 is 12.8 Å². The first-order chi connectivity index (χ1) is 9.42. The van der Waals surface area contributed by atoms with Gasteiger partial charge >= 0.3 is 0 Å². The van der Waals surface area contributed by atoms with E-state index in [0.29, 0.717) is 6.54 Å². The number of hydrogen-bond donors (Lipinski definition) is 2. The normalized spacial score (nSPS) is 11.6. The fraction of sp³-hybridized carbons (Fsp3) is 0.167. The van der Waals surface area contributed by atoms with Crippen LogP contribution in [0.1, 0.15) is 4.88 Å². The van der Waals surface area contributed by atoms with Crippen molar-refractivity contribution in [3.05, 3.63) is 46.0 Å². The Labute approximate surface area is 125 Å². The van der Waals surface area contributed by atoms with E-state index >= 15 is 0 Å². The predicted molar refractivity (Wildman–Crippen MR) is 79.3 cm³/mol. The van der Waals surface area contributed by atoms with E-state index in [4.69, 9.17) is 11.6 Å². The second-order valence-corrected chi connectivity index (χ2v) is 7.47. The molecule has 4 nitrogen and oxygen atoms in total. The molecule has 1 heterocycles. The summed E-state index contributed by atoms with van der Waals surface area (Å²) in [5.74, 6) is -0.523. The summed E-state index contributed by atoms with van der Waals surface area (Å²) in [5, 5.41) is 2.96. The van der Waals surface area contributed by atoms with Gasteiger partial charge in [-0.2, -0.15) is 0 Å². The summed E-state index contributed by atoms with van der Waals surface area (Å²) in [6, 6.07) is 6.75. The Hall–Kier alpha value is -1.15. The quantitative estimate of drug-likeness (QED) is 0.883. The second kappa shape index (κ2) is 6.09. The molecule has 0 amide bonds. The van der Waals surface area contributed by atoms with Crippen LogP contribution >= 0.6 is 22.9 Å². The first kappa shape index (κ1) is 15.2. The molecule has 0 spiro atoms. The third-order valence-electron chi connectivity index (χ3n) is 2.43. The highest BCUT2D eigenvalue weighted by atomic mass is 35.5. The minimum atomic E-state index is -3.71. The zero-order valence-corrected chi connectivity index (χ0v) is 12.9. The summed E-state index contributed by atoms with van der Waals surface area (Å²) in [7, 11) is -1.93. The molecule has 0 unspecified atom stereocenters. The van der Waals surface area contributed by atoms with Gasteiger partial charge in [0.25, 0.3) is 10.0 Å². The molecule has 2 N–H and O–H groups in total. The fourth-order valence-electron chi connectivity index (χ4n) is 1.54. The van der Waals surface area contributed by atoms with E-state index in [9.17, 15) is 12.8 Å². The molecule has 1 aromatic carbocycles. The lowest BCUT2D eigenvalue weighted by Crippen LogP contribution is -2.11. The molecule has 1 aromatic heterocycles. The lowest BCUT2D eigenvalue weighted by atomic mass is 10.3. The monoisotopic (exact) mass is 334 g/mol. The molecular weight excluding hydrogens is 323 g/mol. The summed E-state index contributed by atoms with van der Waals surface area (Å²) in [5.41, 5.74) is 0.150. The van der Waals surface area contributed by atoms with Crippen LogP contribution in [-0.4, -0.2) is 15.5 Å². The van der Waals surface area contributed by atoms with E-state index < -0.39 is 15.8 Å². The molecule has 0 aliphatic heterocycles. The molecule has 0 saturated carbocycles. The van der Waals surface area contributed by atoms with Crippen LogP contribution in [0.25, 0.3) is 0 Å². The van der Waals surface area contributed by atoms with Crippen molar-refractivity contribution in [1.29, 1.82) is 0 Å². The number of thiophene rings is 1. The Morgan fingerprint density at radius 3 is 2.70 bits per heavy atom. The minimum absolute atomic E-state index is 0.0144. The van der Waals surface area contributed by atoms with Crippen LogP contribution in [0.5, 0.6) is 0 Å². The summed E-state index contributed by atoms with van der Waals surface area (Å²) < 4.78 is 39.8. The molecule has 20 heavy (non-hydrogen) atoms. The molecule has 108 valence electrons. The van der Waals surface area contributed by atoms with Gasteiger partial charge in [-0.05, 0) is 37.4 Å². The summed E-state index contributed by atoms with van der Waals surface area (Å²) in [4.78, 5) is 0.901. The van der Waals surface area contributed by atoms with Crippen molar-refractivity contribution in [2.75, 3.05) is 11.8 Å². The van der Waals surface area contributed by atoms with Crippen molar-refractivity contribution in [2.45, 2.75) is 10.8 Å². The Kier molecular flexibility index (Phi) is 4.64. The average Bonchev–Trinajstić information content (AvgIpc) is 2.83. The minimum Gasteiger partial charge on any atom is -0.315 e. The van der Waals surface area contributed by atoms with Gasteiger partial charge < -0.3 is 5.32 Å². The maximum Gasteiger partial charge on any atom is 0.271 e. The third kappa shape index (κ3) is 3.49. The van der Waals surface area contributed by atoms with Gasteiger partial charge in [0.1, 0.15) is 10.0 Å². The Morgan fingerprint density at radius 1 is 1.30 bits per heavy atom. The van der Waals surface area contributed by atoms with Crippen LogP contribution in [0.2, 0.25) is 5.02 Å². The van der Waals surface area contributed by atoms with E-state index in [1.807, 2.05) is 0 Å². The SMILES string of the molecule is CNCc1ccc(S(=O)(=O)Nc2ccc(F)cc2Cl)s1. The summed E-state index contributed by atoms with van der Waals surface area (Å²) >= 11 is 6.97. The molecule has 0 aliphatic rings. The van der Waals surface area contributed by atoms with Gasteiger partial charge in [0.2, 0.25) is 0 Å². The van der Waals surface area contributed by atoms with Crippen LogP contribution in [0, 0.1) is 5.82 Å². The number of hydrogen-bond acceptors (Lipinski definition) is 4. The van der Waals surface area contributed by atoms with Gasteiger partial charge in [-0.15, -0.1) is 11.3 Å². The van der Waals surface area contributed by atoms with Crippen LogP contribution in [0.4, 0.5) is 10.1 Å². The van der Waals surface area contributed by atoms with E-state index in [0.717, 1.165) is 28.3 Å².